The van der Waals surface area contributed by atoms with Crippen molar-refractivity contribution in [3.8, 4) is 0 Å². The smallest absolute Gasteiger partial charge is 0.123 e. The van der Waals surface area contributed by atoms with Crippen molar-refractivity contribution in [3.63, 3.8) is 0 Å². The molecule has 1 unspecified atom stereocenters. The lowest BCUT2D eigenvalue weighted by atomic mass is 9.60. The quantitative estimate of drug-likeness (QED) is 0.882. The summed E-state index contributed by atoms with van der Waals surface area (Å²) in [6.07, 6.45) is 2.37. The van der Waals surface area contributed by atoms with Gasteiger partial charge in [-0.2, -0.15) is 0 Å². The van der Waals surface area contributed by atoms with E-state index < -0.39 is 6.10 Å². The summed E-state index contributed by atoms with van der Waals surface area (Å²) in [5.41, 5.74) is 2.44. The number of aryl methyl sites for hydroxylation is 1. The van der Waals surface area contributed by atoms with Gasteiger partial charge in [-0.05, 0) is 48.6 Å². The minimum Gasteiger partial charge on any atom is -0.387 e. The first-order valence-corrected chi connectivity index (χ1v) is 7.12. The number of hydrogen-bond acceptors (Lipinski definition) is 1. The van der Waals surface area contributed by atoms with E-state index in [4.69, 9.17) is 0 Å². The maximum absolute atomic E-state index is 13.6. The predicted octanol–water partition coefficient (Wildman–Crippen LogP) is 4.29. The lowest BCUT2D eigenvalue weighted by Crippen LogP contribution is -2.40. The van der Waals surface area contributed by atoms with Crippen molar-refractivity contribution in [1.82, 2.24) is 0 Å². The van der Waals surface area contributed by atoms with Crippen molar-refractivity contribution in [2.24, 2.45) is 0 Å². The molecule has 104 valence electrons. The summed E-state index contributed by atoms with van der Waals surface area (Å²) in [5, 5.41) is 10.8. The molecule has 0 spiro atoms. The fourth-order valence-electron chi connectivity index (χ4n) is 3.29. The van der Waals surface area contributed by atoms with Gasteiger partial charge in [-0.3, -0.25) is 0 Å². The van der Waals surface area contributed by atoms with Crippen LogP contribution in [0.15, 0.2) is 48.5 Å². The Morgan fingerprint density at radius 2 is 1.80 bits per heavy atom. The van der Waals surface area contributed by atoms with Gasteiger partial charge in [-0.15, -0.1) is 0 Å². The Labute approximate surface area is 119 Å². The number of benzene rings is 2. The van der Waals surface area contributed by atoms with Crippen molar-refractivity contribution in [1.29, 1.82) is 0 Å². The molecule has 20 heavy (non-hydrogen) atoms. The third-order valence-electron chi connectivity index (χ3n) is 4.50. The summed E-state index contributed by atoms with van der Waals surface area (Å²) >= 11 is 0. The molecule has 1 fully saturated rings. The molecule has 0 amide bonds. The molecule has 1 N–H and O–H groups in total. The van der Waals surface area contributed by atoms with Crippen LogP contribution in [-0.2, 0) is 5.41 Å². The number of aliphatic hydroxyl groups is 1. The van der Waals surface area contributed by atoms with Crippen molar-refractivity contribution in [2.75, 3.05) is 0 Å². The fraction of sp³-hybridized carbons (Fsp3) is 0.333. The molecule has 0 heterocycles. The summed E-state index contributed by atoms with van der Waals surface area (Å²) in [7, 11) is 0. The zero-order valence-electron chi connectivity index (χ0n) is 11.6. The number of aliphatic hydroxyl groups excluding tert-OH is 1. The number of rotatable bonds is 3. The van der Waals surface area contributed by atoms with Gasteiger partial charge in [0.2, 0.25) is 0 Å². The Hall–Kier alpha value is -1.67. The Kier molecular flexibility index (Phi) is 3.35. The molecule has 0 radical (unpaired) electrons. The maximum atomic E-state index is 13.6. The van der Waals surface area contributed by atoms with Gasteiger partial charge in [0.25, 0.3) is 0 Å². The normalized spacial score (nSPS) is 18.4. The second kappa shape index (κ2) is 5.02. The number of hydrogen-bond donors (Lipinski definition) is 1. The molecule has 0 aromatic heterocycles. The van der Waals surface area contributed by atoms with Crippen LogP contribution in [0, 0.1) is 12.7 Å². The minimum atomic E-state index is -0.645. The van der Waals surface area contributed by atoms with Crippen molar-refractivity contribution >= 4 is 0 Å². The maximum Gasteiger partial charge on any atom is 0.123 e. The highest BCUT2D eigenvalue weighted by atomic mass is 19.1. The van der Waals surface area contributed by atoms with Crippen LogP contribution >= 0.6 is 0 Å². The highest BCUT2D eigenvalue weighted by Gasteiger charge is 2.45. The lowest BCUT2D eigenvalue weighted by Gasteiger charge is -2.46. The number of halogens is 1. The molecule has 1 nitrogen and oxygen atoms in total. The Morgan fingerprint density at radius 1 is 1.10 bits per heavy atom. The summed E-state index contributed by atoms with van der Waals surface area (Å²) in [4.78, 5) is 0. The second-order valence-corrected chi connectivity index (χ2v) is 5.84. The van der Waals surface area contributed by atoms with Gasteiger partial charge < -0.3 is 5.11 Å². The summed E-state index contributed by atoms with van der Waals surface area (Å²) in [5.74, 6) is -0.276. The molecule has 1 atom stereocenters. The fourth-order valence-corrected chi connectivity index (χ4v) is 3.29. The van der Waals surface area contributed by atoms with Gasteiger partial charge in [0, 0.05) is 5.41 Å². The molecule has 1 aliphatic carbocycles. The van der Waals surface area contributed by atoms with Crippen LogP contribution in [0.4, 0.5) is 4.39 Å². The second-order valence-electron chi connectivity index (χ2n) is 5.84. The van der Waals surface area contributed by atoms with E-state index in [1.807, 2.05) is 31.2 Å². The molecule has 2 heteroatoms. The monoisotopic (exact) mass is 270 g/mol. The van der Waals surface area contributed by atoms with Gasteiger partial charge in [-0.25, -0.2) is 4.39 Å². The van der Waals surface area contributed by atoms with Crippen LogP contribution in [0.3, 0.4) is 0 Å². The zero-order valence-corrected chi connectivity index (χ0v) is 11.6. The molecule has 2 aromatic carbocycles. The van der Waals surface area contributed by atoms with E-state index in [9.17, 15) is 9.50 Å². The third-order valence-corrected chi connectivity index (χ3v) is 4.50. The van der Waals surface area contributed by atoms with Gasteiger partial charge in [0.05, 0.1) is 6.10 Å². The summed E-state index contributed by atoms with van der Waals surface area (Å²) in [6.45, 7) is 1.86. The van der Waals surface area contributed by atoms with E-state index >= 15 is 0 Å². The zero-order chi connectivity index (χ0) is 14.2. The van der Waals surface area contributed by atoms with Gasteiger partial charge >= 0.3 is 0 Å². The molecule has 3 rings (SSSR count). The van der Waals surface area contributed by atoms with E-state index in [-0.39, 0.29) is 11.2 Å². The van der Waals surface area contributed by atoms with Crippen molar-refractivity contribution in [3.05, 3.63) is 71.0 Å². The first kappa shape index (κ1) is 13.3. The van der Waals surface area contributed by atoms with Crippen LogP contribution in [0.25, 0.3) is 0 Å². The summed E-state index contributed by atoms with van der Waals surface area (Å²) < 4.78 is 13.6. The Morgan fingerprint density at radius 3 is 2.35 bits per heavy atom. The molecule has 0 saturated heterocycles. The van der Waals surface area contributed by atoms with Gasteiger partial charge in [0.1, 0.15) is 5.82 Å². The summed E-state index contributed by atoms with van der Waals surface area (Å²) in [6, 6.07) is 14.9. The van der Waals surface area contributed by atoms with E-state index in [1.54, 1.807) is 0 Å². The van der Waals surface area contributed by atoms with Crippen LogP contribution in [-0.4, -0.2) is 5.11 Å². The van der Waals surface area contributed by atoms with E-state index in [1.165, 1.54) is 12.1 Å². The van der Waals surface area contributed by atoms with E-state index in [0.717, 1.165) is 30.4 Å². The minimum absolute atomic E-state index is 0.249. The Bertz CT molecular complexity index is 582. The highest BCUT2D eigenvalue weighted by molar-refractivity contribution is 5.35. The SMILES string of the molecule is Cc1cc(F)cc(C(O)C2(c3ccccc3)CCC2)c1. The van der Waals surface area contributed by atoms with Crippen LogP contribution < -0.4 is 0 Å². The molecule has 2 aromatic rings. The van der Waals surface area contributed by atoms with E-state index in [2.05, 4.69) is 12.1 Å². The third kappa shape index (κ3) is 2.14. The highest BCUT2D eigenvalue weighted by Crippen LogP contribution is 2.52. The largest absolute Gasteiger partial charge is 0.387 e. The van der Waals surface area contributed by atoms with Crippen LogP contribution in [0.2, 0.25) is 0 Å². The Balaban J connectivity index is 2.01. The topological polar surface area (TPSA) is 20.2 Å². The van der Waals surface area contributed by atoms with Crippen LogP contribution in [0.1, 0.15) is 42.1 Å². The van der Waals surface area contributed by atoms with Gasteiger partial charge in [0.15, 0.2) is 0 Å². The first-order valence-electron chi connectivity index (χ1n) is 7.12. The van der Waals surface area contributed by atoms with Crippen LogP contribution in [0.5, 0.6) is 0 Å². The molecular weight excluding hydrogens is 251 g/mol. The van der Waals surface area contributed by atoms with E-state index in [0.29, 0.717) is 5.56 Å². The molecule has 1 aliphatic rings. The van der Waals surface area contributed by atoms with Crippen molar-refractivity contribution in [2.45, 2.75) is 37.7 Å². The molecular formula is C18H19FO. The average molecular weight is 270 g/mol. The predicted molar refractivity (Wildman–Crippen MR) is 78.1 cm³/mol. The average Bonchev–Trinajstić information content (AvgIpc) is 2.37. The molecule has 0 bridgehead atoms. The van der Waals surface area contributed by atoms with Crippen molar-refractivity contribution < 1.29 is 9.50 Å². The standard InChI is InChI=1S/C18H19FO/c1-13-10-14(12-16(19)11-13)17(20)18(8-5-9-18)15-6-3-2-4-7-15/h2-4,6-7,10-12,17,20H,5,8-9H2,1H3. The first-order chi connectivity index (χ1) is 9.62. The lowest BCUT2D eigenvalue weighted by molar-refractivity contribution is 0.0266. The molecule has 1 saturated carbocycles. The molecule has 0 aliphatic heterocycles. The van der Waals surface area contributed by atoms with Gasteiger partial charge in [-0.1, -0.05) is 42.8 Å².